The van der Waals surface area contributed by atoms with Crippen molar-refractivity contribution in [2.24, 2.45) is 4.99 Å². The molecule has 0 saturated heterocycles. The summed E-state index contributed by atoms with van der Waals surface area (Å²) in [5.41, 5.74) is 2.58. The second-order valence-electron chi connectivity index (χ2n) is 8.72. The zero-order chi connectivity index (χ0) is 22.4. The number of fused-ring (bicyclic) bond motifs is 1. The fourth-order valence-electron chi connectivity index (χ4n) is 3.58. The van der Waals surface area contributed by atoms with E-state index in [0.29, 0.717) is 12.4 Å². The van der Waals surface area contributed by atoms with Crippen LogP contribution < -0.4 is 20.1 Å². The monoisotopic (exact) mass is 429 g/mol. The average molecular weight is 430 g/mol. The molecule has 0 bridgehead atoms. The number of hydrogen-bond acceptors (Lipinski definition) is 6. The third kappa shape index (κ3) is 5.91. The second kappa shape index (κ2) is 10.0. The van der Waals surface area contributed by atoms with Gasteiger partial charge in [-0.2, -0.15) is 0 Å². The van der Waals surface area contributed by atoms with E-state index >= 15 is 0 Å². The summed E-state index contributed by atoms with van der Waals surface area (Å²) in [4.78, 5) is 11.1. The Labute approximate surface area is 185 Å². The van der Waals surface area contributed by atoms with E-state index in [1.165, 1.54) is 11.1 Å². The number of methoxy groups -OCH3 is 2. The van der Waals surface area contributed by atoms with Gasteiger partial charge in [-0.1, -0.05) is 20.8 Å². The van der Waals surface area contributed by atoms with Crippen LogP contribution in [0.15, 0.2) is 27.7 Å². The minimum absolute atomic E-state index is 0.0482. The number of nitrogens with zero attached hydrogens (tertiary/aromatic N) is 3. The van der Waals surface area contributed by atoms with Crippen LogP contribution in [-0.4, -0.2) is 56.7 Å². The normalized spacial score (nSPS) is 14.8. The Hall–Kier alpha value is -2.74. The van der Waals surface area contributed by atoms with Gasteiger partial charge in [0.2, 0.25) is 5.89 Å². The maximum Gasteiger partial charge on any atom is 0.213 e. The number of aromatic nitrogens is 1. The van der Waals surface area contributed by atoms with Crippen LogP contribution in [0, 0.1) is 0 Å². The summed E-state index contributed by atoms with van der Waals surface area (Å²) in [7, 11) is 5.12. The van der Waals surface area contributed by atoms with Crippen molar-refractivity contribution in [1.82, 2.24) is 20.5 Å². The predicted octanol–water partition coefficient (Wildman–Crippen LogP) is 2.71. The maximum absolute atomic E-state index is 5.83. The van der Waals surface area contributed by atoms with Gasteiger partial charge in [0.05, 0.1) is 27.0 Å². The number of hydrogen-bond donors (Lipinski definition) is 2. The summed E-state index contributed by atoms with van der Waals surface area (Å²) in [6.45, 7) is 10.4. The lowest BCUT2D eigenvalue weighted by Gasteiger charge is -2.29. The summed E-state index contributed by atoms with van der Waals surface area (Å²) in [5, 5.41) is 6.64. The van der Waals surface area contributed by atoms with Gasteiger partial charge in [-0.05, 0) is 29.7 Å². The van der Waals surface area contributed by atoms with Gasteiger partial charge in [0.15, 0.2) is 17.5 Å². The molecule has 0 spiro atoms. The van der Waals surface area contributed by atoms with Crippen LogP contribution in [0.3, 0.4) is 0 Å². The highest BCUT2D eigenvalue weighted by atomic mass is 16.5. The molecule has 2 N–H and O–H groups in total. The number of aliphatic imine (C=N–C) groups is 1. The zero-order valence-electron chi connectivity index (χ0n) is 19.5. The Bertz CT molecular complexity index is 901. The summed E-state index contributed by atoms with van der Waals surface area (Å²) >= 11 is 0. The molecule has 0 aliphatic carbocycles. The number of ether oxygens (including phenoxy) is 2. The molecule has 8 nitrogen and oxygen atoms in total. The fraction of sp³-hybridized carbons (Fsp3) is 0.565. The van der Waals surface area contributed by atoms with E-state index in [2.05, 4.69) is 58.4 Å². The Morgan fingerprint density at radius 3 is 2.48 bits per heavy atom. The van der Waals surface area contributed by atoms with E-state index in [1.807, 2.05) is 0 Å². The first-order valence-corrected chi connectivity index (χ1v) is 10.7. The molecule has 1 aliphatic rings. The molecular weight excluding hydrogens is 394 g/mol. The molecule has 0 amide bonds. The van der Waals surface area contributed by atoms with Gasteiger partial charge in [-0.3, -0.25) is 9.89 Å². The quantitative estimate of drug-likeness (QED) is 0.517. The average Bonchev–Trinajstić information content (AvgIpc) is 3.24. The summed E-state index contributed by atoms with van der Waals surface area (Å²) in [6.07, 6.45) is 2.80. The van der Waals surface area contributed by atoms with E-state index in [-0.39, 0.29) is 5.41 Å². The number of rotatable bonds is 7. The molecule has 2 heterocycles. The van der Waals surface area contributed by atoms with Gasteiger partial charge >= 0.3 is 0 Å². The first-order valence-electron chi connectivity index (χ1n) is 10.7. The summed E-state index contributed by atoms with van der Waals surface area (Å²) in [6, 6.07) is 4.19. The largest absolute Gasteiger partial charge is 0.493 e. The lowest BCUT2D eigenvalue weighted by atomic mass is 9.94. The van der Waals surface area contributed by atoms with Crippen molar-refractivity contribution in [2.45, 2.75) is 45.7 Å². The van der Waals surface area contributed by atoms with Crippen molar-refractivity contribution >= 4 is 5.96 Å². The Morgan fingerprint density at radius 1 is 1.16 bits per heavy atom. The van der Waals surface area contributed by atoms with Crippen LogP contribution in [0.5, 0.6) is 11.5 Å². The minimum Gasteiger partial charge on any atom is -0.493 e. The third-order valence-electron chi connectivity index (χ3n) is 5.44. The Kier molecular flexibility index (Phi) is 7.43. The van der Waals surface area contributed by atoms with E-state index in [4.69, 9.17) is 13.9 Å². The van der Waals surface area contributed by atoms with E-state index in [0.717, 1.165) is 55.8 Å². The molecular formula is C23H35N5O3. The Balaban J connectivity index is 1.47. The van der Waals surface area contributed by atoms with Crippen LogP contribution in [0.25, 0.3) is 0 Å². The van der Waals surface area contributed by atoms with Crippen LogP contribution >= 0.6 is 0 Å². The highest BCUT2D eigenvalue weighted by molar-refractivity contribution is 5.79. The molecule has 8 heteroatoms. The third-order valence-corrected chi connectivity index (χ3v) is 5.44. The van der Waals surface area contributed by atoms with Crippen molar-refractivity contribution in [3.8, 4) is 11.5 Å². The molecule has 0 fully saturated rings. The van der Waals surface area contributed by atoms with Gasteiger partial charge < -0.3 is 24.5 Å². The van der Waals surface area contributed by atoms with Gasteiger partial charge in [-0.25, -0.2) is 4.98 Å². The lowest BCUT2D eigenvalue weighted by molar-refractivity contribution is 0.256. The highest BCUT2D eigenvalue weighted by Crippen LogP contribution is 2.33. The highest BCUT2D eigenvalue weighted by Gasteiger charge is 2.20. The standard InChI is InChI=1S/C23H35N5O3/c1-23(2,3)20-13-26-21(31-20)14-27-22(24-4)25-8-10-28-9-7-16-11-18(29-5)19(30-6)12-17(16)15-28/h11-13H,7-10,14-15H2,1-6H3,(H2,24,25,27). The maximum atomic E-state index is 5.83. The van der Waals surface area contributed by atoms with E-state index < -0.39 is 0 Å². The molecule has 1 aromatic heterocycles. The molecule has 1 aromatic carbocycles. The van der Waals surface area contributed by atoms with Crippen LogP contribution in [0.4, 0.5) is 0 Å². The summed E-state index contributed by atoms with van der Waals surface area (Å²) in [5.74, 6) is 3.86. The van der Waals surface area contributed by atoms with Crippen molar-refractivity contribution < 1.29 is 13.9 Å². The second-order valence-corrected chi connectivity index (χ2v) is 8.72. The fourth-order valence-corrected chi connectivity index (χ4v) is 3.58. The molecule has 1 aliphatic heterocycles. The number of guanidine groups is 1. The van der Waals surface area contributed by atoms with Crippen molar-refractivity contribution in [1.29, 1.82) is 0 Å². The first kappa shape index (κ1) is 22.9. The number of nitrogens with one attached hydrogen (secondary N) is 2. The van der Waals surface area contributed by atoms with Gasteiger partial charge in [-0.15, -0.1) is 0 Å². The predicted molar refractivity (Wildman–Crippen MR) is 122 cm³/mol. The zero-order valence-corrected chi connectivity index (χ0v) is 19.5. The van der Waals surface area contributed by atoms with E-state index in [9.17, 15) is 0 Å². The lowest BCUT2D eigenvalue weighted by Crippen LogP contribution is -2.42. The van der Waals surface area contributed by atoms with E-state index in [1.54, 1.807) is 27.5 Å². The van der Waals surface area contributed by atoms with Crippen molar-refractivity contribution in [3.63, 3.8) is 0 Å². The molecule has 0 radical (unpaired) electrons. The molecule has 0 saturated carbocycles. The molecule has 3 rings (SSSR count). The van der Waals surface area contributed by atoms with Crippen molar-refractivity contribution in [2.75, 3.05) is 40.9 Å². The van der Waals surface area contributed by atoms with Gasteiger partial charge in [0.1, 0.15) is 5.76 Å². The smallest absolute Gasteiger partial charge is 0.213 e. The molecule has 2 aromatic rings. The molecule has 31 heavy (non-hydrogen) atoms. The van der Waals surface area contributed by atoms with Gasteiger partial charge in [0.25, 0.3) is 0 Å². The molecule has 0 atom stereocenters. The Morgan fingerprint density at radius 2 is 1.87 bits per heavy atom. The number of oxazole rings is 1. The first-order chi connectivity index (χ1) is 14.8. The SMILES string of the molecule is CN=C(NCCN1CCc2cc(OC)c(OC)cc2C1)NCc1ncc(C(C)(C)C)o1. The van der Waals surface area contributed by atoms with Crippen LogP contribution in [0.2, 0.25) is 0 Å². The molecule has 170 valence electrons. The van der Waals surface area contributed by atoms with Crippen molar-refractivity contribution in [3.05, 3.63) is 41.1 Å². The molecule has 0 unspecified atom stereocenters. The van der Waals surface area contributed by atoms with Gasteiger partial charge in [0, 0.05) is 38.6 Å². The number of benzene rings is 1. The van der Waals surface area contributed by atoms with Crippen LogP contribution in [0.1, 0.15) is 43.5 Å². The topological polar surface area (TPSA) is 84.2 Å². The van der Waals surface area contributed by atoms with Crippen LogP contribution in [-0.2, 0) is 24.9 Å². The minimum atomic E-state index is -0.0482. The summed E-state index contributed by atoms with van der Waals surface area (Å²) < 4.78 is 16.7.